The number of pyridine rings is 1. The number of halogens is 3. The molecule has 9 nitrogen and oxygen atoms in total. The van der Waals surface area contributed by atoms with Gasteiger partial charge in [0.15, 0.2) is 17.0 Å². The summed E-state index contributed by atoms with van der Waals surface area (Å²) in [6.07, 6.45) is 2.24. The minimum Gasteiger partial charge on any atom is -0.479 e. The van der Waals surface area contributed by atoms with Crippen LogP contribution in [0.4, 0.5) is 13.2 Å². The van der Waals surface area contributed by atoms with Gasteiger partial charge in [0.05, 0.1) is 13.7 Å². The van der Waals surface area contributed by atoms with E-state index in [2.05, 4.69) is 19.9 Å². The van der Waals surface area contributed by atoms with E-state index >= 15 is 0 Å². The highest BCUT2D eigenvalue weighted by Gasteiger charge is 2.50. The summed E-state index contributed by atoms with van der Waals surface area (Å²) in [6.45, 7) is 3.14. The average Bonchev–Trinajstić information content (AvgIpc) is 3.42. The third-order valence-electron chi connectivity index (χ3n) is 6.25. The zero-order valence-electron chi connectivity index (χ0n) is 18.7. The monoisotopic (exact) mass is 476 g/mol. The van der Waals surface area contributed by atoms with Crippen LogP contribution in [0.5, 0.6) is 11.8 Å². The standard InChI is InChI=1S/C22H23F3N6O3/c1-3-31-17(12-6-15(23)19(33-2)26-9-12)29-16-18(31)27-11-28-20(16)34-14-4-5-30(10-14)21(32)13-7-22(24,25)8-13/h6,9,11,13-14H,3-5,7-8,10H2,1-2H3. The van der Waals surface area contributed by atoms with E-state index in [4.69, 9.17) is 9.47 Å². The molecule has 12 heteroatoms. The van der Waals surface area contributed by atoms with Crippen LogP contribution < -0.4 is 9.47 Å². The smallest absolute Gasteiger partial charge is 0.250 e. The molecule has 3 aromatic rings. The number of carbonyl (C=O) groups is 1. The molecule has 1 amide bonds. The van der Waals surface area contributed by atoms with E-state index in [0.29, 0.717) is 48.6 Å². The van der Waals surface area contributed by atoms with Crippen molar-refractivity contribution in [2.75, 3.05) is 20.2 Å². The first-order valence-corrected chi connectivity index (χ1v) is 11.0. The molecule has 34 heavy (non-hydrogen) atoms. The quantitative estimate of drug-likeness (QED) is 0.540. The lowest BCUT2D eigenvalue weighted by Gasteiger charge is -2.36. The molecule has 0 radical (unpaired) electrons. The number of rotatable bonds is 6. The van der Waals surface area contributed by atoms with Crippen LogP contribution in [0, 0.1) is 11.7 Å². The van der Waals surface area contributed by atoms with Gasteiger partial charge >= 0.3 is 0 Å². The highest BCUT2D eigenvalue weighted by Crippen LogP contribution is 2.43. The van der Waals surface area contributed by atoms with Crippen molar-refractivity contribution in [3.8, 4) is 23.1 Å². The summed E-state index contributed by atoms with van der Waals surface area (Å²) in [6, 6.07) is 1.29. The Labute approximate surface area is 192 Å². The van der Waals surface area contributed by atoms with Crippen molar-refractivity contribution in [1.82, 2.24) is 29.4 Å². The molecular formula is C22H23F3N6O3. The Bertz CT molecular complexity index is 1240. The zero-order valence-corrected chi connectivity index (χ0v) is 18.7. The van der Waals surface area contributed by atoms with Crippen molar-refractivity contribution >= 4 is 17.1 Å². The van der Waals surface area contributed by atoms with Crippen LogP contribution in [0.2, 0.25) is 0 Å². The summed E-state index contributed by atoms with van der Waals surface area (Å²) < 4.78 is 53.3. The van der Waals surface area contributed by atoms with Crippen LogP contribution in [-0.2, 0) is 11.3 Å². The number of methoxy groups -OCH3 is 1. The van der Waals surface area contributed by atoms with Gasteiger partial charge in [0.25, 0.3) is 0 Å². The molecule has 1 saturated heterocycles. The van der Waals surface area contributed by atoms with Crippen LogP contribution in [0.1, 0.15) is 26.2 Å². The predicted octanol–water partition coefficient (Wildman–Crippen LogP) is 3.08. The van der Waals surface area contributed by atoms with Gasteiger partial charge in [0.2, 0.25) is 23.6 Å². The molecule has 2 aliphatic rings. The summed E-state index contributed by atoms with van der Waals surface area (Å²) in [5.41, 5.74) is 1.36. The largest absolute Gasteiger partial charge is 0.479 e. The fourth-order valence-corrected chi connectivity index (χ4v) is 4.50. The van der Waals surface area contributed by atoms with Crippen LogP contribution in [0.25, 0.3) is 22.6 Å². The van der Waals surface area contributed by atoms with Gasteiger partial charge in [-0.2, -0.15) is 4.98 Å². The predicted molar refractivity (Wildman–Crippen MR) is 114 cm³/mol. The number of fused-ring (bicyclic) bond motifs is 1. The SMILES string of the molecule is CCn1c(-c2cnc(OC)c(F)c2)nc2c(OC3CCN(C(=O)C4CC(F)(F)C4)C3)ncnc21. The molecule has 2 fully saturated rings. The van der Waals surface area contributed by atoms with Crippen molar-refractivity contribution in [3.63, 3.8) is 0 Å². The van der Waals surface area contributed by atoms with E-state index in [9.17, 15) is 18.0 Å². The van der Waals surface area contributed by atoms with Crippen LogP contribution >= 0.6 is 0 Å². The molecule has 1 saturated carbocycles. The van der Waals surface area contributed by atoms with Crippen molar-refractivity contribution in [2.45, 2.75) is 44.8 Å². The second kappa shape index (κ2) is 8.41. The maximum absolute atomic E-state index is 14.3. The molecule has 1 atom stereocenters. The van der Waals surface area contributed by atoms with Crippen molar-refractivity contribution < 1.29 is 27.4 Å². The third-order valence-corrected chi connectivity index (χ3v) is 6.25. The molecule has 0 spiro atoms. The number of aryl methyl sites for hydroxylation is 1. The minimum absolute atomic E-state index is 0.113. The Morgan fingerprint density at radius 2 is 2.03 bits per heavy atom. The molecule has 0 N–H and O–H groups in total. The molecule has 1 unspecified atom stereocenters. The van der Waals surface area contributed by atoms with Crippen molar-refractivity contribution in [3.05, 3.63) is 24.4 Å². The van der Waals surface area contributed by atoms with Crippen LogP contribution in [0.3, 0.4) is 0 Å². The summed E-state index contributed by atoms with van der Waals surface area (Å²) >= 11 is 0. The number of likely N-dealkylation sites (tertiary alicyclic amines) is 1. The Balaban J connectivity index is 1.38. The normalized spacial score (nSPS) is 19.9. The Hall–Kier alpha value is -3.44. The number of carbonyl (C=O) groups excluding carboxylic acids is 1. The molecule has 4 heterocycles. The number of hydrogen-bond acceptors (Lipinski definition) is 7. The van der Waals surface area contributed by atoms with Crippen LogP contribution in [0.15, 0.2) is 18.6 Å². The molecule has 1 aliphatic heterocycles. The van der Waals surface area contributed by atoms with Gasteiger partial charge in [-0.05, 0) is 13.0 Å². The molecule has 1 aliphatic carbocycles. The maximum Gasteiger partial charge on any atom is 0.250 e. The lowest BCUT2D eigenvalue weighted by Crippen LogP contribution is -2.46. The molecule has 5 rings (SSSR count). The van der Waals surface area contributed by atoms with Crippen molar-refractivity contribution in [1.29, 1.82) is 0 Å². The second-order valence-corrected chi connectivity index (χ2v) is 8.52. The Morgan fingerprint density at radius 1 is 1.24 bits per heavy atom. The number of ether oxygens (including phenoxy) is 2. The van der Waals surface area contributed by atoms with Gasteiger partial charge in [-0.25, -0.2) is 28.1 Å². The van der Waals surface area contributed by atoms with Gasteiger partial charge in [-0.1, -0.05) is 0 Å². The zero-order chi connectivity index (χ0) is 24.0. The lowest BCUT2D eigenvalue weighted by atomic mass is 9.80. The topological polar surface area (TPSA) is 95.3 Å². The fraction of sp³-hybridized carbons (Fsp3) is 0.500. The van der Waals surface area contributed by atoms with E-state index in [1.165, 1.54) is 25.7 Å². The van der Waals surface area contributed by atoms with E-state index in [1.54, 1.807) is 9.47 Å². The van der Waals surface area contributed by atoms with Gasteiger partial charge in [0, 0.05) is 50.0 Å². The number of alkyl halides is 2. The molecule has 3 aromatic heterocycles. The number of amides is 1. The van der Waals surface area contributed by atoms with E-state index in [-0.39, 0.29) is 23.8 Å². The number of aromatic nitrogens is 5. The lowest BCUT2D eigenvalue weighted by molar-refractivity contribution is -0.159. The van der Waals surface area contributed by atoms with Gasteiger partial charge in [-0.15, -0.1) is 0 Å². The van der Waals surface area contributed by atoms with E-state index in [0.717, 1.165) is 0 Å². The first kappa shape index (κ1) is 22.4. The second-order valence-electron chi connectivity index (χ2n) is 8.52. The first-order chi connectivity index (χ1) is 16.3. The van der Waals surface area contributed by atoms with Crippen molar-refractivity contribution in [2.24, 2.45) is 5.92 Å². The van der Waals surface area contributed by atoms with Gasteiger partial charge in [-0.3, -0.25) is 4.79 Å². The van der Waals surface area contributed by atoms with Gasteiger partial charge < -0.3 is 18.9 Å². The number of imidazole rings is 1. The number of hydrogen-bond donors (Lipinski definition) is 0. The summed E-state index contributed by atoms with van der Waals surface area (Å²) in [5.74, 6) is -3.64. The van der Waals surface area contributed by atoms with E-state index < -0.39 is 30.5 Å². The maximum atomic E-state index is 14.3. The molecule has 0 bridgehead atoms. The Kier molecular flexibility index (Phi) is 5.53. The molecular weight excluding hydrogens is 453 g/mol. The highest BCUT2D eigenvalue weighted by atomic mass is 19.3. The summed E-state index contributed by atoms with van der Waals surface area (Å²) in [4.78, 5) is 31.2. The Morgan fingerprint density at radius 3 is 2.71 bits per heavy atom. The van der Waals surface area contributed by atoms with Crippen LogP contribution in [-0.4, -0.2) is 67.5 Å². The fourth-order valence-electron chi connectivity index (χ4n) is 4.50. The van der Waals surface area contributed by atoms with E-state index in [1.807, 2.05) is 6.92 Å². The summed E-state index contributed by atoms with van der Waals surface area (Å²) in [5, 5.41) is 0. The third kappa shape index (κ3) is 3.90. The average molecular weight is 476 g/mol. The minimum atomic E-state index is -2.74. The number of nitrogens with zero attached hydrogens (tertiary/aromatic N) is 6. The summed E-state index contributed by atoms with van der Waals surface area (Å²) in [7, 11) is 1.34. The first-order valence-electron chi connectivity index (χ1n) is 11.0. The van der Waals surface area contributed by atoms with Gasteiger partial charge in [0.1, 0.15) is 18.3 Å². The highest BCUT2D eigenvalue weighted by molar-refractivity contribution is 5.82. The molecule has 180 valence electrons. The molecule has 0 aromatic carbocycles.